The number of halogens is 1. The Hall–Kier alpha value is -0.350. The van der Waals surface area contributed by atoms with Crippen LogP contribution in [-0.4, -0.2) is 28.8 Å². The summed E-state index contributed by atoms with van der Waals surface area (Å²) < 4.78 is 4.27. The van der Waals surface area contributed by atoms with E-state index in [4.69, 9.17) is 11.6 Å². The zero-order valence-corrected chi connectivity index (χ0v) is 10.9. The van der Waals surface area contributed by atoms with Gasteiger partial charge < -0.3 is 4.90 Å². The Kier molecular flexibility index (Phi) is 5.95. The van der Waals surface area contributed by atoms with Gasteiger partial charge in [-0.3, -0.25) is 0 Å². The molecule has 1 aromatic rings. The Morgan fingerprint density at radius 3 is 2.73 bits per heavy atom. The van der Waals surface area contributed by atoms with Gasteiger partial charge in [-0.15, -0.1) is 11.6 Å². The van der Waals surface area contributed by atoms with Gasteiger partial charge >= 0.3 is 0 Å². The molecule has 5 heteroatoms. The van der Waals surface area contributed by atoms with E-state index in [1.807, 2.05) is 0 Å². The van der Waals surface area contributed by atoms with Crippen molar-refractivity contribution < 1.29 is 0 Å². The van der Waals surface area contributed by atoms with Gasteiger partial charge in [0.1, 0.15) is 5.82 Å². The van der Waals surface area contributed by atoms with Gasteiger partial charge in [0.15, 0.2) is 0 Å². The SMILES string of the molecule is CCc1nsc(N(C)CCCCCCl)n1. The van der Waals surface area contributed by atoms with Crippen LogP contribution in [0.3, 0.4) is 0 Å². The summed E-state index contributed by atoms with van der Waals surface area (Å²) in [7, 11) is 2.07. The topological polar surface area (TPSA) is 29.0 Å². The highest BCUT2D eigenvalue weighted by atomic mass is 35.5. The molecule has 0 amide bonds. The van der Waals surface area contributed by atoms with E-state index in [1.165, 1.54) is 24.4 Å². The lowest BCUT2D eigenvalue weighted by atomic mass is 10.2. The fraction of sp³-hybridized carbons (Fsp3) is 0.800. The van der Waals surface area contributed by atoms with Gasteiger partial charge in [0.25, 0.3) is 0 Å². The Balaban J connectivity index is 2.29. The molecular weight excluding hydrogens is 230 g/mol. The van der Waals surface area contributed by atoms with Crippen molar-refractivity contribution in [3.05, 3.63) is 5.82 Å². The van der Waals surface area contributed by atoms with Crippen LogP contribution in [0.25, 0.3) is 0 Å². The number of aryl methyl sites for hydroxylation is 1. The Morgan fingerprint density at radius 1 is 1.33 bits per heavy atom. The molecule has 0 spiro atoms. The first-order valence-electron chi connectivity index (χ1n) is 5.37. The minimum Gasteiger partial charge on any atom is -0.350 e. The molecule has 0 radical (unpaired) electrons. The van der Waals surface area contributed by atoms with Crippen LogP contribution in [0.4, 0.5) is 5.13 Å². The second kappa shape index (κ2) is 7.01. The van der Waals surface area contributed by atoms with E-state index in [9.17, 15) is 0 Å². The fourth-order valence-electron chi connectivity index (χ4n) is 1.26. The average molecular weight is 248 g/mol. The van der Waals surface area contributed by atoms with E-state index in [0.29, 0.717) is 0 Å². The standard InChI is InChI=1S/C10H18ClN3S/c1-3-9-12-10(15-13-9)14(2)8-6-4-5-7-11/h3-8H2,1-2H3. The molecule has 0 saturated heterocycles. The van der Waals surface area contributed by atoms with Crippen LogP contribution in [0.15, 0.2) is 0 Å². The van der Waals surface area contributed by atoms with Gasteiger partial charge in [-0.25, -0.2) is 4.98 Å². The second-order valence-electron chi connectivity index (χ2n) is 3.52. The summed E-state index contributed by atoms with van der Waals surface area (Å²) >= 11 is 7.11. The van der Waals surface area contributed by atoms with Crippen molar-refractivity contribution in [1.82, 2.24) is 9.36 Å². The van der Waals surface area contributed by atoms with Crippen LogP contribution < -0.4 is 4.90 Å². The van der Waals surface area contributed by atoms with Crippen molar-refractivity contribution in [2.45, 2.75) is 32.6 Å². The highest BCUT2D eigenvalue weighted by Crippen LogP contribution is 2.16. The first kappa shape index (κ1) is 12.7. The lowest BCUT2D eigenvalue weighted by Crippen LogP contribution is -2.18. The largest absolute Gasteiger partial charge is 0.350 e. The summed E-state index contributed by atoms with van der Waals surface area (Å²) in [6.45, 7) is 3.11. The van der Waals surface area contributed by atoms with Crippen LogP contribution in [-0.2, 0) is 6.42 Å². The number of hydrogen-bond acceptors (Lipinski definition) is 4. The number of aromatic nitrogens is 2. The molecular formula is C10H18ClN3S. The second-order valence-corrected chi connectivity index (χ2v) is 4.63. The molecule has 1 heterocycles. The minimum atomic E-state index is 0.766. The zero-order valence-electron chi connectivity index (χ0n) is 9.37. The highest BCUT2D eigenvalue weighted by Gasteiger charge is 2.06. The smallest absolute Gasteiger partial charge is 0.204 e. The summed E-state index contributed by atoms with van der Waals surface area (Å²) in [6, 6.07) is 0. The summed E-state index contributed by atoms with van der Waals surface area (Å²) in [5, 5.41) is 1.03. The molecule has 0 fully saturated rings. The Labute approximate surface area is 101 Å². The molecule has 15 heavy (non-hydrogen) atoms. The van der Waals surface area contributed by atoms with Gasteiger partial charge in [0.2, 0.25) is 5.13 Å². The highest BCUT2D eigenvalue weighted by molar-refractivity contribution is 7.09. The van der Waals surface area contributed by atoms with E-state index in [2.05, 4.69) is 28.2 Å². The lowest BCUT2D eigenvalue weighted by molar-refractivity contribution is 0.706. The molecule has 0 bridgehead atoms. The lowest BCUT2D eigenvalue weighted by Gasteiger charge is -2.14. The summed E-state index contributed by atoms with van der Waals surface area (Å²) in [4.78, 5) is 6.61. The molecule has 0 unspecified atom stereocenters. The maximum absolute atomic E-state index is 5.62. The summed E-state index contributed by atoms with van der Waals surface area (Å²) in [5.41, 5.74) is 0. The van der Waals surface area contributed by atoms with Crippen molar-refractivity contribution in [3.63, 3.8) is 0 Å². The number of hydrogen-bond donors (Lipinski definition) is 0. The molecule has 1 aromatic heterocycles. The van der Waals surface area contributed by atoms with Crippen molar-refractivity contribution >= 4 is 28.3 Å². The quantitative estimate of drug-likeness (QED) is 0.548. The van der Waals surface area contributed by atoms with E-state index >= 15 is 0 Å². The third-order valence-electron chi connectivity index (χ3n) is 2.23. The van der Waals surface area contributed by atoms with Crippen molar-refractivity contribution in [2.24, 2.45) is 0 Å². The number of alkyl halides is 1. The molecule has 0 aromatic carbocycles. The molecule has 0 N–H and O–H groups in total. The molecule has 0 aliphatic heterocycles. The maximum Gasteiger partial charge on any atom is 0.204 e. The Bertz CT molecular complexity index is 277. The molecule has 3 nitrogen and oxygen atoms in total. The molecule has 86 valence electrons. The number of unbranched alkanes of at least 4 members (excludes halogenated alkanes) is 2. The first-order valence-corrected chi connectivity index (χ1v) is 6.68. The normalized spacial score (nSPS) is 10.6. The van der Waals surface area contributed by atoms with Crippen LogP contribution in [0.2, 0.25) is 0 Å². The minimum absolute atomic E-state index is 0.766. The predicted molar refractivity (Wildman–Crippen MR) is 67.1 cm³/mol. The van der Waals surface area contributed by atoms with Gasteiger partial charge in [-0.05, 0) is 12.8 Å². The van der Waals surface area contributed by atoms with E-state index < -0.39 is 0 Å². The van der Waals surface area contributed by atoms with Gasteiger partial charge in [0, 0.05) is 37.4 Å². The molecule has 1 rings (SSSR count). The zero-order chi connectivity index (χ0) is 11.1. The summed E-state index contributed by atoms with van der Waals surface area (Å²) in [5.74, 6) is 1.71. The predicted octanol–water partition coefficient (Wildman–Crippen LogP) is 2.95. The monoisotopic (exact) mass is 247 g/mol. The van der Waals surface area contributed by atoms with E-state index in [1.54, 1.807) is 0 Å². The van der Waals surface area contributed by atoms with E-state index in [-0.39, 0.29) is 0 Å². The summed E-state index contributed by atoms with van der Waals surface area (Å²) in [6.07, 6.45) is 4.37. The van der Waals surface area contributed by atoms with Crippen molar-refractivity contribution in [2.75, 3.05) is 24.4 Å². The Morgan fingerprint density at radius 2 is 2.13 bits per heavy atom. The third kappa shape index (κ3) is 4.34. The number of rotatable bonds is 7. The van der Waals surface area contributed by atoms with Crippen molar-refractivity contribution in [1.29, 1.82) is 0 Å². The molecule has 0 aliphatic carbocycles. The first-order chi connectivity index (χ1) is 7.27. The fourth-order valence-corrected chi connectivity index (χ4v) is 2.18. The van der Waals surface area contributed by atoms with E-state index in [0.717, 1.165) is 36.2 Å². The average Bonchev–Trinajstić information content (AvgIpc) is 2.72. The molecule has 0 saturated carbocycles. The van der Waals surface area contributed by atoms with Crippen LogP contribution in [0.5, 0.6) is 0 Å². The van der Waals surface area contributed by atoms with Crippen LogP contribution >= 0.6 is 23.1 Å². The van der Waals surface area contributed by atoms with Crippen LogP contribution in [0, 0.1) is 0 Å². The third-order valence-corrected chi connectivity index (χ3v) is 3.36. The van der Waals surface area contributed by atoms with Crippen molar-refractivity contribution in [3.8, 4) is 0 Å². The van der Waals surface area contributed by atoms with Gasteiger partial charge in [-0.1, -0.05) is 13.3 Å². The number of nitrogens with zero attached hydrogens (tertiary/aromatic N) is 3. The maximum atomic E-state index is 5.62. The van der Waals surface area contributed by atoms with Gasteiger partial charge in [-0.2, -0.15) is 4.37 Å². The van der Waals surface area contributed by atoms with Crippen LogP contribution in [0.1, 0.15) is 32.0 Å². The molecule has 0 aliphatic rings. The number of anilines is 1. The van der Waals surface area contributed by atoms with Gasteiger partial charge in [0.05, 0.1) is 0 Å². The molecule has 0 atom stereocenters.